The number of halogens is 1. The smallest absolute Gasteiger partial charge is 0.227 e. The lowest BCUT2D eigenvalue weighted by molar-refractivity contribution is -0.115. The van der Waals surface area contributed by atoms with Gasteiger partial charge in [0.25, 0.3) is 0 Å². The zero-order valence-corrected chi connectivity index (χ0v) is 9.31. The predicted octanol–water partition coefficient (Wildman–Crippen LogP) is 2.34. The van der Waals surface area contributed by atoms with E-state index in [0.717, 1.165) is 5.56 Å². The van der Waals surface area contributed by atoms with E-state index in [1.165, 1.54) is 0 Å². The van der Waals surface area contributed by atoms with Crippen LogP contribution in [0.25, 0.3) is 0 Å². The van der Waals surface area contributed by atoms with E-state index in [4.69, 9.17) is 21.3 Å². The molecule has 0 saturated heterocycles. The largest absolute Gasteiger partial charge is 0.444 e. The van der Waals surface area contributed by atoms with Crippen molar-refractivity contribution in [2.45, 2.75) is 20.3 Å². The summed E-state index contributed by atoms with van der Waals surface area (Å²) < 4.78 is 5.26. The maximum atomic E-state index is 11.2. The van der Waals surface area contributed by atoms with E-state index < -0.39 is 0 Å². The number of carbonyl (C=O) groups excluding carboxylic acids is 1. The molecular formula is C10H11ClN2O2. The van der Waals surface area contributed by atoms with Crippen LogP contribution in [0.1, 0.15) is 23.3 Å². The zero-order valence-electron chi connectivity index (χ0n) is 8.56. The number of amides is 1. The molecule has 4 nitrogen and oxygen atoms in total. The Labute approximate surface area is 92.8 Å². The average Bonchev–Trinajstić information content (AvgIpc) is 2.42. The molecule has 1 rings (SSSR count). The predicted molar refractivity (Wildman–Crippen MR) is 56.9 cm³/mol. The van der Waals surface area contributed by atoms with Crippen molar-refractivity contribution in [3.05, 3.63) is 16.9 Å². The first-order chi connectivity index (χ1) is 7.10. The fourth-order valence-corrected chi connectivity index (χ4v) is 1.30. The van der Waals surface area contributed by atoms with E-state index in [-0.39, 0.29) is 24.1 Å². The number of hydrogen-bond donors (Lipinski definition) is 1. The van der Waals surface area contributed by atoms with Gasteiger partial charge in [0.1, 0.15) is 17.4 Å². The Morgan fingerprint density at radius 1 is 1.60 bits per heavy atom. The fraction of sp³-hybridized carbons (Fsp3) is 0.400. The Hall–Kier alpha value is -1.47. The van der Waals surface area contributed by atoms with E-state index in [0.29, 0.717) is 11.3 Å². The first-order valence-electron chi connectivity index (χ1n) is 4.46. The van der Waals surface area contributed by atoms with Gasteiger partial charge in [0.2, 0.25) is 11.8 Å². The Morgan fingerprint density at radius 2 is 2.27 bits per heavy atom. The van der Waals surface area contributed by atoms with Crippen molar-refractivity contribution < 1.29 is 9.21 Å². The first-order valence-corrected chi connectivity index (χ1v) is 4.99. The van der Waals surface area contributed by atoms with Gasteiger partial charge in [-0.2, -0.15) is 5.26 Å². The molecule has 0 spiro atoms. The van der Waals surface area contributed by atoms with Gasteiger partial charge in [0.05, 0.1) is 0 Å². The standard InChI is InChI=1S/C10H11ClN2O2/c1-6-7(2)15-10(8(6)5-12)13-9(14)3-4-11/h3-4H2,1-2H3,(H,13,14). The molecule has 1 heterocycles. The molecule has 80 valence electrons. The summed E-state index contributed by atoms with van der Waals surface area (Å²) in [7, 11) is 0. The van der Waals surface area contributed by atoms with E-state index in [1.807, 2.05) is 6.07 Å². The van der Waals surface area contributed by atoms with Gasteiger partial charge in [-0.1, -0.05) is 0 Å². The maximum absolute atomic E-state index is 11.2. The first kappa shape index (κ1) is 11.6. The zero-order chi connectivity index (χ0) is 11.4. The van der Waals surface area contributed by atoms with Crippen molar-refractivity contribution in [3.63, 3.8) is 0 Å². The lowest BCUT2D eigenvalue weighted by Crippen LogP contribution is -2.11. The Kier molecular flexibility index (Phi) is 3.75. The van der Waals surface area contributed by atoms with E-state index in [2.05, 4.69) is 5.32 Å². The average molecular weight is 227 g/mol. The third kappa shape index (κ3) is 2.51. The van der Waals surface area contributed by atoms with Crippen molar-refractivity contribution in [1.29, 1.82) is 5.26 Å². The molecule has 0 aliphatic carbocycles. The van der Waals surface area contributed by atoms with Crippen LogP contribution in [0.5, 0.6) is 0 Å². The minimum Gasteiger partial charge on any atom is -0.444 e. The molecule has 1 aromatic heterocycles. The number of nitrogens with zero attached hydrogens (tertiary/aromatic N) is 1. The number of hydrogen-bond acceptors (Lipinski definition) is 3. The molecule has 0 aromatic carbocycles. The van der Waals surface area contributed by atoms with Crippen molar-refractivity contribution in [2.75, 3.05) is 11.2 Å². The summed E-state index contributed by atoms with van der Waals surface area (Å²) in [6.45, 7) is 3.52. The second-order valence-electron chi connectivity index (χ2n) is 3.09. The molecule has 0 bridgehead atoms. The van der Waals surface area contributed by atoms with Gasteiger partial charge in [-0.3, -0.25) is 10.1 Å². The van der Waals surface area contributed by atoms with Crippen LogP contribution in [-0.2, 0) is 4.79 Å². The molecular weight excluding hydrogens is 216 g/mol. The maximum Gasteiger partial charge on any atom is 0.227 e. The number of anilines is 1. The molecule has 5 heteroatoms. The topological polar surface area (TPSA) is 66.0 Å². The second-order valence-corrected chi connectivity index (χ2v) is 3.46. The Bertz CT molecular complexity index is 418. The van der Waals surface area contributed by atoms with Crippen LogP contribution in [0.3, 0.4) is 0 Å². The monoisotopic (exact) mass is 226 g/mol. The van der Waals surface area contributed by atoms with E-state index >= 15 is 0 Å². The van der Waals surface area contributed by atoms with Crippen LogP contribution < -0.4 is 5.32 Å². The van der Waals surface area contributed by atoms with E-state index in [1.54, 1.807) is 13.8 Å². The van der Waals surface area contributed by atoms with Crippen molar-refractivity contribution in [2.24, 2.45) is 0 Å². The van der Waals surface area contributed by atoms with Crippen LogP contribution >= 0.6 is 11.6 Å². The van der Waals surface area contributed by atoms with Gasteiger partial charge in [-0.25, -0.2) is 0 Å². The summed E-state index contributed by atoms with van der Waals surface area (Å²) in [6.07, 6.45) is 0.200. The van der Waals surface area contributed by atoms with Gasteiger partial charge in [0.15, 0.2) is 0 Å². The Balaban J connectivity index is 2.91. The lowest BCUT2D eigenvalue weighted by atomic mass is 10.2. The number of carbonyl (C=O) groups is 1. The molecule has 1 amide bonds. The minimum atomic E-state index is -0.254. The van der Waals surface area contributed by atoms with Crippen LogP contribution in [-0.4, -0.2) is 11.8 Å². The summed E-state index contributed by atoms with van der Waals surface area (Å²) >= 11 is 5.42. The molecule has 0 unspecified atom stereocenters. The van der Waals surface area contributed by atoms with Crippen molar-refractivity contribution in [1.82, 2.24) is 0 Å². The van der Waals surface area contributed by atoms with Gasteiger partial charge in [-0.15, -0.1) is 11.6 Å². The van der Waals surface area contributed by atoms with Gasteiger partial charge >= 0.3 is 0 Å². The number of aryl methyl sites for hydroxylation is 1. The molecule has 0 radical (unpaired) electrons. The number of nitriles is 1. The summed E-state index contributed by atoms with van der Waals surface area (Å²) in [4.78, 5) is 11.2. The van der Waals surface area contributed by atoms with Crippen LogP contribution in [0.4, 0.5) is 5.88 Å². The summed E-state index contributed by atoms with van der Waals surface area (Å²) in [6, 6.07) is 1.99. The van der Waals surface area contributed by atoms with Gasteiger partial charge < -0.3 is 4.42 Å². The molecule has 15 heavy (non-hydrogen) atoms. The highest BCUT2D eigenvalue weighted by Crippen LogP contribution is 2.25. The van der Waals surface area contributed by atoms with E-state index in [9.17, 15) is 4.79 Å². The highest BCUT2D eigenvalue weighted by atomic mass is 35.5. The number of nitrogens with one attached hydrogen (secondary N) is 1. The highest BCUT2D eigenvalue weighted by Gasteiger charge is 2.15. The SMILES string of the molecule is Cc1oc(NC(=O)CCCl)c(C#N)c1C. The minimum absolute atomic E-state index is 0.200. The third-order valence-electron chi connectivity index (χ3n) is 2.07. The second kappa shape index (κ2) is 4.85. The van der Waals surface area contributed by atoms with Crippen LogP contribution in [0.15, 0.2) is 4.42 Å². The summed E-state index contributed by atoms with van der Waals surface area (Å²) in [5.74, 6) is 0.831. The lowest BCUT2D eigenvalue weighted by Gasteiger charge is -1.99. The van der Waals surface area contributed by atoms with Crippen LogP contribution in [0, 0.1) is 25.2 Å². The molecule has 0 fully saturated rings. The molecule has 0 atom stereocenters. The molecule has 0 saturated carbocycles. The normalized spacial score (nSPS) is 9.73. The molecule has 1 N–H and O–H groups in total. The molecule has 0 aliphatic heterocycles. The number of rotatable bonds is 3. The molecule has 0 aliphatic rings. The fourth-order valence-electron chi connectivity index (χ4n) is 1.12. The van der Waals surface area contributed by atoms with Crippen LogP contribution in [0.2, 0.25) is 0 Å². The van der Waals surface area contributed by atoms with Gasteiger partial charge in [0, 0.05) is 17.9 Å². The van der Waals surface area contributed by atoms with Crippen molar-refractivity contribution >= 4 is 23.4 Å². The number of alkyl halides is 1. The Morgan fingerprint density at radius 3 is 2.80 bits per heavy atom. The van der Waals surface area contributed by atoms with Gasteiger partial charge in [-0.05, 0) is 13.8 Å². The summed E-state index contributed by atoms with van der Waals surface area (Å²) in [5.41, 5.74) is 1.12. The molecule has 1 aromatic rings. The third-order valence-corrected chi connectivity index (χ3v) is 2.26. The quantitative estimate of drug-likeness (QED) is 0.805. The highest BCUT2D eigenvalue weighted by molar-refractivity contribution is 6.19. The summed E-state index contributed by atoms with van der Waals surface area (Å²) in [5, 5.41) is 11.4. The number of furan rings is 1. The van der Waals surface area contributed by atoms with Crippen molar-refractivity contribution in [3.8, 4) is 6.07 Å².